The molecule has 0 aliphatic carbocycles. The summed E-state index contributed by atoms with van der Waals surface area (Å²) in [7, 11) is 0. The average molecular weight is 423 g/mol. The Kier molecular flexibility index (Phi) is 5.50. The molecule has 2 fully saturated rings. The van der Waals surface area contributed by atoms with Crippen LogP contribution in [0.5, 0.6) is 5.75 Å². The Balaban J connectivity index is 1.44. The van der Waals surface area contributed by atoms with Crippen LogP contribution in [0.2, 0.25) is 5.02 Å². The maximum absolute atomic E-state index is 11.0. The van der Waals surface area contributed by atoms with Gasteiger partial charge >= 0.3 is 6.09 Å². The van der Waals surface area contributed by atoms with Crippen LogP contribution in [0.1, 0.15) is 37.4 Å². The molecule has 0 radical (unpaired) electrons. The SMILES string of the molecule is Nc1nc([C@H]2CCCN2c2ccc(OC3CCN(C(=O)O)CC3)cc2Cl)cs1. The third-order valence-corrected chi connectivity index (χ3v) is 6.37. The van der Waals surface area contributed by atoms with Crippen molar-refractivity contribution in [2.24, 2.45) is 0 Å². The van der Waals surface area contributed by atoms with Crippen molar-refractivity contribution < 1.29 is 14.6 Å². The van der Waals surface area contributed by atoms with Crippen LogP contribution in [0.4, 0.5) is 15.6 Å². The molecule has 2 saturated heterocycles. The second kappa shape index (κ2) is 8.05. The lowest BCUT2D eigenvalue weighted by atomic mass is 10.1. The number of aromatic nitrogens is 1. The molecule has 0 saturated carbocycles. The largest absolute Gasteiger partial charge is 0.490 e. The van der Waals surface area contributed by atoms with Gasteiger partial charge in [0, 0.05) is 43.9 Å². The fourth-order valence-corrected chi connectivity index (χ4v) is 4.86. The highest BCUT2D eigenvalue weighted by Gasteiger charge is 2.30. The summed E-state index contributed by atoms with van der Waals surface area (Å²) in [6, 6.07) is 5.98. The number of hydrogen-bond donors (Lipinski definition) is 2. The van der Waals surface area contributed by atoms with Gasteiger partial charge in [-0.05, 0) is 25.0 Å². The Bertz CT molecular complexity index is 853. The van der Waals surface area contributed by atoms with Crippen molar-refractivity contribution in [3.8, 4) is 5.75 Å². The highest BCUT2D eigenvalue weighted by molar-refractivity contribution is 7.13. The fourth-order valence-electron chi connectivity index (χ4n) is 3.97. The van der Waals surface area contributed by atoms with E-state index < -0.39 is 6.09 Å². The van der Waals surface area contributed by atoms with E-state index in [1.165, 1.54) is 16.2 Å². The summed E-state index contributed by atoms with van der Waals surface area (Å²) in [5.74, 6) is 0.719. The van der Waals surface area contributed by atoms with Gasteiger partial charge in [0.15, 0.2) is 5.13 Å². The van der Waals surface area contributed by atoms with E-state index in [4.69, 9.17) is 27.2 Å². The molecule has 1 aromatic carbocycles. The average Bonchev–Trinajstić information content (AvgIpc) is 3.31. The van der Waals surface area contributed by atoms with Gasteiger partial charge in [-0.2, -0.15) is 0 Å². The van der Waals surface area contributed by atoms with Crippen molar-refractivity contribution >= 4 is 39.8 Å². The Hall–Kier alpha value is -2.19. The number of amides is 1. The summed E-state index contributed by atoms with van der Waals surface area (Å²) in [6.07, 6.45) is 2.62. The van der Waals surface area contributed by atoms with Gasteiger partial charge in [0.05, 0.1) is 22.4 Å². The Labute approximate surface area is 172 Å². The molecule has 0 bridgehead atoms. The molecule has 0 unspecified atom stereocenters. The molecule has 1 atom stereocenters. The molecule has 3 heterocycles. The second-order valence-corrected chi connectivity index (χ2v) is 8.46. The second-order valence-electron chi connectivity index (χ2n) is 7.16. The van der Waals surface area contributed by atoms with Gasteiger partial charge < -0.3 is 25.4 Å². The maximum Gasteiger partial charge on any atom is 0.407 e. The number of nitrogens with zero attached hydrogens (tertiary/aromatic N) is 3. The van der Waals surface area contributed by atoms with Gasteiger partial charge in [-0.1, -0.05) is 11.6 Å². The van der Waals surface area contributed by atoms with Gasteiger partial charge in [0.2, 0.25) is 0 Å². The number of carboxylic acid groups (broad SMARTS) is 1. The molecule has 3 N–H and O–H groups in total. The van der Waals surface area contributed by atoms with E-state index in [1.54, 1.807) is 0 Å². The Morgan fingerprint density at radius 1 is 1.29 bits per heavy atom. The van der Waals surface area contributed by atoms with E-state index in [2.05, 4.69) is 9.88 Å². The number of rotatable bonds is 4. The highest BCUT2D eigenvalue weighted by Crippen LogP contribution is 2.41. The lowest BCUT2D eigenvalue weighted by Gasteiger charge is -2.31. The van der Waals surface area contributed by atoms with Crippen LogP contribution in [0.3, 0.4) is 0 Å². The van der Waals surface area contributed by atoms with Crippen molar-refractivity contribution in [3.05, 3.63) is 34.3 Å². The van der Waals surface area contributed by atoms with Gasteiger partial charge in [-0.15, -0.1) is 11.3 Å². The number of likely N-dealkylation sites (tertiary alicyclic amines) is 1. The molecular weight excluding hydrogens is 400 g/mol. The lowest BCUT2D eigenvalue weighted by Crippen LogP contribution is -2.41. The van der Waals surface area contributed by atoms with Crippen molar-refractivity contribution in [1.82, 2.24) is 9.88 Å². The normalized spacial score (nSPS) is 20.5. The third kappa shape index (κ3) is 3.98. The standard InChI is InChI=1S/C19H23ClN4O3S/c20-14-10-13(27-12-5-8-23(9-6-12)19(25)26)3-4-16(14)24-7-1-2-17(24)15-11-28-18(21)22-15/h3-4,10-12,17H,1-2,5-9H2,(H2,21,22)(H,25,26)/t17-/m1/s1. The van der Waals surface area contributed by atoms with E-state index in [0.29, 0.717) is 36.1 Å². The number of nitrogen functional groups attached to an aromatic ring is 1. The number of anilines is 2. The zero-order valence-corrected chi connectivity index (χ0v) is 17.0. The maximum atomic E-state index is 11.0. The Morgan fingerprint density at radius 2 is 2.07 bits per heavy atom. The molecule has 0 spiro atoms. The zero-order chi connectivity index (χ0) is 19.7. The first-order valence-corrected chi connectivity index (χ1v) is 10.7. The van der Waals surface area contributed by atoms with Crippen LogP contribution in [0.25, 0.3) is 0 Å². The van der Waals surface area contributed by atoms with Gasteiger partial charge in [0.25, 0.3) is 0 Å². The predicted molar refractivity (Wildman–Crippen MR) is 111 cm³/mol. The van der Waals surface area contributed by atoms with Crippen LogP contribution in [0, 0.1) is 0 Å². The predicted octanol–water partition coefficient (Wildman–Crippen LogP) is 4.24. The first-order valence-electron chi connectivity index (χ1n) is 9.43. The van der Waals surface area contributed by atoms with Crippen molar-refractivity contribution in [3.63, 3.8) is 0 Å². The first-order chi connectivity index (χ1) is 13.5. The number of ether oxygens (including phenoxy) is 1. The highest BCUT2D eigenvalue weighted by atomic mass is 35.5. The molecule has 9 heteroatoms. The lowest BCUT2D eigenvalue weighted by molar-refractivity contribution is 0.0895. The summed E-state index contributed by atoms with van der Waals surface area (Å²) >= 11 is 8.06. The van der Waals surface area contributed by atoms with Gasteiger partial charge in [-0.3, -0.25) is 0 Å². The summed E-state index contributed by atoms with van der Waals surface area (Å²) in [6.45, 7) is 1.92. The molecule has 2 aliphatic rings. The van der Waals surface area contributed by atoms with E-state index in [9.17, 15) is 4.79 Å². The molecule has 2 aromatic rings. The Morgan fingerprint density at radius 3 is 2.71 bits per heavy atom. The molecule has 4 rings (SSSR count). The number of thiazole rings is 1. The number of halogens is 1. The molecular formula is C19H23ClN4O3S. The summed E-state index contributed by atoms with van der Waals surface area (Å²) in [5, 5.41) is 12.3. The minimum absolute atomic E-state index is 0.00929. The minimum Gasteiger partial charge on any atom is -0.490 e. The molecule has 150 valence electrons. The van der Waals surface area contributed by atoms with Gasteiger partial charge in [-0.25, -0.2) is 9.78 Å². The molecule has 1 aromatic heterocycles. The fraction of sp³-hybridized carbons (Fsp3) is 0.474. The first kappa shape index (κ1) is 19.1. The van der Waals surface area contributed by atoms with E-state index in [1.807, 2.05) is 23.6 Å². The molecule has 28 heavy (non-hydrogen) atoms. The van der Waals surface area contributed by atoms with Crippen LogP contribution < -0.4 is 15.4 Å². The van der Waals surface area contributed by atoms with E-state index in [0.717, 1.165) is 36.5 Å². The monoisotopic (exact) mass is 422 g/mol. The van der Waals surface area contributed by atoms with Crippen LogP contribution >= 0.6 is 22.9 Å². The van der Waals surface area contributed by atoms with E-state index >= 15 is 0 Å². The quantitative estimate of drug-likeness (QED) is 0.765. The topological polar surface area (TPSA) is 91.9 Å². The van der Waals surface area contributed by atoms with E-state index in [-0.39, 0.29) is 12.1 Å². The number of hydrogen-bond acceptors (Lipinski definition) is 6. The smallest absolute Gasteiger partial charge is 0.407 e. The van der Waals surface area contributed by atoms with Crippen molar-refractivity contribution in [2.45, 2.75) is 37.8 Å². The van der Waals surface area contributed by atoms with Crippen LogP contribution in [-0.4, -0.2) is 46.8 Å². The summed E-state index contributed by atoms with van der Waals surface area (Å²) < 4.78 is 6.05. The summed E-state index contributed by atoms with van der Waals surface area (Å²) in [5.41, 5.74) is 7.78. The number of piperidine rings is 1. The minimum atomic E-state index is -0.868. The van der Waals surface area contributed by atoms with Gasteiger partial charge in [0.1, 0.15) is 11.9 Å². The third-order valence-electron chi connectivity index (χ3n) is 5.38. The number of benzene rings is 1. The number of nitrogens with two attached hydrogens (primary N) is 1. The number of carbonyl (C=O) groups is 1. The van der Waals surface area contributed by atoms with Crippen molar-refractivity contribution in [2.75, 3.05) is 30.3 Å². The molecule has 1 amide bonds. The molecule has 7 nitrogen and oxygen atoms in total. The zero-order valence-electron chi connectivity index (χ0n) is 15.4. The summed E-state index contributed by atoms with van der Waals surface area (Å²) in [4.78, 5) is 19.2. The van der Waals surface area contributed by atoms with Crippen LogP contribution in [0.15, 0.2) is 23.6 Å². The molecule has 2 aliphatic heterocycles. The van der Waals surface area contributed by atoms with Crippen molar-refractivity contribution in [1.29, 1.82) is 0 Å². The van der Waals surface area contributed by atoms with Crippen LogP contribution in [-0.2, 0) is 0 Å².